The fourth-order valence-electron chi connectivity index (χ4n) is 2.56. The maximum Gasteiger partial charge on any atom is 0.413 e. The average Bonchev–Trinajstić information content (AvgIpc) is 2.69. The Bertz CT molecular complexity index is 427. The molecule has 1 amide bonds. The third kappa shape index (κ3) is 2.47. The van der Waals surface area contributed by atoms with Crippen LogP contribution in [0.15, 0.2) is 0 Å². The van der Waals surface area contributed by atoms with E-state index >= 15 is 0 Å². The quantitative estimate of drug-likeness (QED) is 0.713. The molecule has 0 spiro atoms. The molecule has 7 heteroatoms. The zero-order valence-electron chi connectivity index (χ0n) is 12.4. The van der Waals surface area contributed by atoms with E-state index in [1.54, 1.807) is 34.6 Å². The van der Waals surface area contributed by atoms with Gasteiger partial charge >= 0.3 is 12.1 Å². The van der Waals surface area contributed by atoms with E-state index < -0.39 is 41.6 Å². The fourth-order valence-corrected chi connectivity index (χ4v) is 2.56. The minimum atomic E-state index is -0.996. The van der Waals surface area contributed by atoms with Gasteiger partial charge in [-0.2, -0.15) is 0 Å². The SMILES string of the molecule is CC(C)(C)OC(=O)N1[C@@H]2[C@@H](CO)OC(=O)[C@@H]2OC1(C)C. The monoisotopic (exact) mass is 287 g/mol. The molecular formula is C13H21NO6. The summed E-state index contributed by atoms with van der Waals surface area (Å²) in [4.78, 5) is 25.4. The largest absolute Gasteiger partial charge is 0.456 e. The summed E-state index contributed by atoms with van der Waals surface area (Å²) in [6.45, 7) is 8.25. The molecule has 2 rings (SSSR count). The van der Waals surface area contributed by atoms with Crippen molar-refractivity contribution >= 4 is 12.1 Å². The predicted octanol–water partition coefficient (Wildman–Crippen LogP) is 0.645. The topological polar surface area (TPSA) is 85.3 Å². The number of carbonyl (C=O) groups excluding carboxylic acids is 2. The number of rotatable bonds is 1. The Balaban J connectivity index is 2.29. The van der Waals surface area contributed by atoms with E-state index in [0.717, 1.165) is 0 Å². The molecule has 0 aliphatic carbocycles. The number of carbonyl (C=O) groups is 2. The molecule has 2 saturated heterocycles. The first-order valence-corrected chi connectivity index (χ1v) is 6.58. The lowest BCUT2D eigenvalue weighted by Crippen LogP contribution is -2.53. The molecule has 0 unspecified atom stereocenters. The average molecular weight is 287 g/mol. The van der Waals surface area contributed by atoms with Crippen LogP contribution in [-0.4, -0.2) is 58.3 Å². The van der Waals surface area contributed by atoms with Gasteiger partial charge in [0, 0.05) is 0 Å². The van der Waals surface area contributed by atoms with Crippen LogP contribution in [0.3, 0.4) is 0 Å². The number of ether oxygens (including phenoxy) is 3. The number of hydrogen-bond acceptors (Lipinski definition) is 6. The maximum absolute atomic E-state index is 12.4. The van der Waals surface area contributed by atoms with Gasteiger partial charge in [0.05, 0.1) is 6.61 Å². The lowest BCUT2D eigenvalue weighted by Gasteiger charge is -2.35. The van der Waals surface area contributed by atoms with E-state index in [0.29, 0.717) is 0 Å². The number of aliphatic hydroxyl groups is 1. The Kier molecular flexibility index (Phi) is 3.46. The van der Waals surface area contributed by atoms with Crippen molar-refractivity contribution in [2.24, 2.45) is 0 Å². The van der Waals surface area contributed by atoms with Gasteiger partial charge in [0.1, 0.15) is 23.5 Å². The van der Waals surface area contributed by atoms with Crippen molar-refractivity contribution in [1.29, 1.82) is 0 Å². The van der Waals surface area contributed by atoms with Crippen LogP contribution in [0.25, 0.3) is 0 Å². The second kappa shape index (κ2) is 4.60. The number of fused-ring (bicyclic) bond motifs is 1. The summed E-state index contributed by atoms with van der Waals surface area (Å²) in [6.07, 6.45) is -2.26. The fraction of sp³-hybridized carbons (Fsp3) is 0.846. The number of amides is 1. The number of esters is 1. The van der Waals surface area contributed by atoms with E-state index in [9.17, 15) is 14.7 Å². The van der Waals surface area contributed by atoms with Crippen LogP contribution in [0.5, 0.6) is 0 Å². The number of cyclic esters (lactones) is 1. The summed E-state index contributed by atoms with van der Waals surface area (Å²) in [5.74, 6) is -0.562. The van der Waals surface area contributed by atoms with Gasteiger partial charge in [-0.25, -0.2) is 9.59 Å². The highest BCUT2D eigenvalue weighted by molar-refractivity contribution is 5.81. The molecule has 20 heavy (non-hydrogen) atoms. The van der Waals surface area contributed by atoms with Crippen molar-refractivity contribution in [1.82, 2.24) is 4.90 Å². The molecule has 1 N–H and O–H groups in total. The van der Waals surface area contributed by atoms with Gasteiger partial charge in [0.2, 0.25) is 0 Å². The highest BCUT2D eigenvalue weighted by Gasteiger charge is 2.61. The highest BCUT2D eigenvalue weighted by atomic mass is 16.6. The molecule has 0 radical (unpaired) electrons. The lowest BCUT2D eigenvalue weighted by atomic mass is 10.1. The molecule has 2 fully saturated rings. The first-order valence-electron chi connectivity index (χ1n) is 6.58. The molecule has 2 heterocycles. The zero-order valence-corrected chi connectivity index (χ0v) is 12.4. The highest BCUT2D eigenvalue weighted by Crippen LogP contribution is 2.39. The Morgan fingerprint density at radius 2 is 2.05 bits per heavy atom. The van der Waals surface area contributed by atoms with E-state index in [4.69, 9.17) is 14.2 Å². The minimum Gasteiger partial charge on any atom is -0.456 e. The summed E-state index contributed by atoms with van der Waals surface area (Å²) in [5, 5.41) is 9.32. The number of nitrogens with zero attached hydrogens (tertiary/aromatic N) is 1. The summed E-state index contributed by atoms with van der Waals surface area (Å²) in [5.41, 5.74) is -1.66. The molecule has 2 aliphatic rings. The van der Waals surface area contributed by atoms with Crippen LogP contribution in [-0.2, 0) is 19.0 Å². The molecule has 7 nitrogen and oxygen atoms in total. The molecule has 0 saturated carbocycles. The van der Waals surface area contributed by atoms with E-state index in [1.807, 2.05) is 0 Å². The Hall–Kier alpha value is -1.34. The first kappa shape index (κ1) is 15.1. The molecule has 2 aliphatic heterocycles. The molecule has 114 valence electrons. The second-order valence-electron chi connectivity index (χ2n) is 6.48. The van der Waals surface area contributed by atoms with Crippen LogP contribution >= 0.6 is 0 Å². The Morgan fingerprint density at radius 1 is 1.45 bits per heavy atom. The zero-order chi connectivity index (χ0) is 15.3. The molecule has 0 aromatic carbocycles. The molecule has 0 aromatic rings. The van der Waals surface area contributed by atoms with Crippen LogP contribution in [0.4, 0.5) is 4.79 Å². The van der Waals surface area contributed by atoms with Crippen LogP contribution in [0, 0.1) is 0 Å². The summed E-state index contributed by atoms with van der Waals surface area (Å²) in [7, 11) is 0. The van der Waals surface area contributed by atoms with Crippen molar-refractivity contribution in [2.75, 3.05) is 6.61 Å². The lowest BCUT2D eigenvalue weighted by molar-refractivity contribution is -0.162. The van der Waals surface area contributed by atoms with E-state index in [-0.39, 0.29) is 6.61 Å². The van der Waals surface area contributed by atoms with Gasteiger partial charge in [0.25, 0.3) is 0 Å². The molecule has 0 aromatic heterocycles. The first-order chi connectivity index (χ1) is 9.07. The Labute approximate surface area is 117 Å². The smallest absolute Gasteiger partial charge is 0.413 e. The standard InChI is InChI=1S/C13H21NO6/c1-12(2,3)20-11(17)14-8-7(6-15)18-10(16)9(8)19-13(14,4)5/h7-9,15H,6H2,1-5H3/t7-,8-,9-/m1/s1. The van der Waals surface area contributed by atoms with Crippen molar-refractivity contribution in [3.63, 3.8) is 0 Å². The maximum atomic E-state index is 12.4. The second-order valence-corrected chi connectivity index (χ2v) is 6.48. The third-order valence-electron chi connectivity index (χ3n) is 3.25. The van der Waals surface area contributed by atoms with Crippen LogP contribution in [0.1, 0.15) is 34.6 Å². The van der Waals surface area contributed by atoms with Gasteiger partial charge in [-0.3, -0.25) is 4.90 Å². The summed E-state index contributed by atoms with van der Waals surface area (Å²) >= 11 is 0. The Morgan fingerprint density at radius 3 is 2.55 bits per heavy atom. The van der Waals surface area contributed by atoms with E-state index in [2.05, 4.69) is 0 Å². The van der Waals surface area contributed by atoms with Gasteiger partial charge in [0.15, 0.2) is 6.10 Å². The molecule has 3 atom stereocenters. The minimum absolute atomic E-state index is 0.369. The molecule has 0 bridgehead atoms. The van der Waals surface area contributed by atoms with Crippen molar-refractivity contribution in [2.45, 2.75) is 64.2 Å². The van der Waals surface area contributed by atoms with Crippen LogP contribution < -0.4 is 0 Å². The normalized spacial score (nSPS) is 32.0. The van der Waals surface area contributed by atoms with Crippen LogP contribution in [0.2, 0.25) is 0 Å². The van der Waals surface area contributed by atoms with Gasteiger partial charge in [-0.15, -0.1) is 0 Å². The van der Waals surface area contributed by atoms with Gasteiger partial charge in [-0.05, 0) is 34.6 Å². The number of hydrogen-bond donors (Lipinski definition) is 1. The van der Waals surface area contributed by atoms with Gasteiger partial charge in [-0.1, -0.05) is 0 Å². The van der Waals surface area contributed by atoms with Crippen molar-refractivity contribution < 1.29 is 28.9 Å². The summed E-state index contributed by atoms with van der Waals surface area (Å²) in [6, 6.07) is -0.669. The molecular weight excluding hydrogens is 266 g/mol. The van der Waals surface area contributed by atoms with Crippen molar-refractivity contribution in [3.8, 4) is 0 Å². The van der Waals surface area contributed by atoms with Crippen molar-refractivity contribution in [3.05, 3.63) is 0 Å². The van der Waals surface area contributed by atoms with E-state index in [1.165, 1.54) is 4.90 Å². The third-order valence-corrected chi connectivity index (χ3v) is 3.25. The number of aliphatic hydroxyl groups excluding tert-OH is 1. The van der Waals surface area contributed by atoms with Gasteiger partial charge < -0.3 is 19.3 Å². The predicted molar refractivity (Wildman–Crippen MR) is 67.8 cm³/mol. The summed E-state index contributed by atoms with van der Waals surface area (Å²) < 4.78 is 16.0.